The van der Waals surface area contributed by atoms with Crippen LogP contribution in [0.3, 0.4) is 0 Å². The van der Waals surface area contributed by atoms with E-state index in [1.54, 1.807) is 0 Å². The van der Waals surface area contributed by atoms with E-state index in [9.17, 15) is 18.0 Å². The molecule has 2 rings (SSSR count). The van der Waals surface area contributed by atoms with E-state index in [-0.39, 0.29) is 30.0 Å². The summed E-state index contributed by atoms with van der Waals surface area (Å²) in [4.78, 5) is 11.7. The van der Waals surface area contributed by atoms with Crippen molar-refractivity contribution in [3.05, 3.63) is 29.3 Å². The van der Waals surface area contributed by atoms with Gasteiger partial charge in [-0.15, -0.1) is 0 Å². The predicted octanol–water partition coefficient (Wildman–Crippen LogP) is 2.76. The number of halogens is 3. The molecule has 1 fully saturated rings. The number of nitrogens with two attached hydrogens (primary N) is 1. The summed E-state index contributed by atoms with van der Waals surface area (Å²) in [6, 6.07) is 3.73. The standard InChI is InChI=1S/C13H15F3N2O/c1-7-4-9(7)12(19)18-11-3-2-8(6-17)5-10(11)13(14,15)16/h2-3,5,7,9H,4,6,17H2,1H3,(H,18,19). The second-order valence-electron chi connectivity index (χ2n) is 4.89. The van der Waals surface area contributed by atoms with Crippen LogP contribution in [0.4, 0.5) is 18.9 Å². The van der Waals surface area contributed by atoms with Gasteiger partial charge in [0.15, 0.2) is 0 Å². The highest BCUT2D eigenvalue weighted by atomic mass is 19.4. The second kappa shape index (κ2) is 4.85. The molecule has 0 aliphatic heterocycles. The molecule has 3 nitrogen and oxygen atoms in total. The highest BCUT2D eigenvalue weighted by Gasteiger charge is 2.40. The van der Waals surface area contributed by atoms with E-state index in [0.717, 1.165) is 12.5 Å². The molecule has 6 heteroatoms. The average Bonchev–Trinajstić information content (AvgIpc) is 3.05. The summed E-state index contributed by atoms with van der Waals surface area (Å²) in [6.07, 6.45) is -3.78. The van der Waals surface area contributed by atoms with Gasteiger partial charge in [0.05, 0.1) is 11.3 Å². The lowest BCUT2D eigenvalue weighted by Gasteiger charge is -2.15. The highest BCUT2D eigenvalue weighted by molar-refractivity contribution is 5.95. The van der Waals surface area contributed by atoms with Gasteiger partial charge < -0.3 is 11.1 Å². The Morgan fingerprint density at radius 2 is 2.11 bits per heavy atom. The molecule has 1 aliphatic rings. The summed E-state index contributed by atoms with van der Waals surface area (Å²) < 4.78 is 38.7. The van der Waals surface area contributed by atoms with Crippen LogP contribution in [-0.4, -0.2) is 5.91 Å². The first-order valence-corrected chi connectivity index (χ1v) is 6.04. The molecule has 0 spiro atoms. The molecule has 1 aromatic carbocycles. The van der Waals surface area contributed by atoms with Crippen molar-refractivity contribution >= 4 is 11.6 Å². The minimum Gasteiger partial charge on any atom is -0.326 e. The van der Waals surface area contributed by atoms with Crippen LogP contribution in [0.2, 0.25) is 0 Å². The second-order valence-corrected chi connectivity index (χ2v) is 4.89. The van der Waals surface area contributed by atoms with Crippen molar-refractivity contribution in [3.63, 3.8) is 0 Å². The van der Waals surface area contributed by atoms with Crippen molar-refractivity contribution < 1.29 is 18.0 Å². The number of rotatable bonds is 3. The summed E-state index contributed by atoms with van der Waals surface area (Å²) in [5.74, 6) is -0.272. The van der Waals surface area contributed by atoms with Crippen molar-refractivity contribution in [1.29, 1.82) is 0 Å². The predicted molar refractivity (Wildman–Crippen MR) is 65.2 cm³/mol. The van der Waals surface area contributed by atoms with Crippen LogP contribution in [0.15, 0.2) is 18.2 Å². The van der Waals surface area contributed by atoms with E-state index in [1.165, 1.54) is 12.1 Å². The molecular formula is C13H15F3N2O. The van der Waals surface area contributed by atoms with E-state index in [2.05, 4.69) is 5.32 Å². The smallest absolute Gasteiger partial charge is 0.326 e. The molecule has 1 aromatic rings. The Balaban J connectivity index is 2.26. The van der Waals surface area contributed by atoms with Gasteiger partial charge in [0.25, 0.3) is 0 Å². The van der Waals surface area contributed by atoms with Crippen molar-refractivity contribution in [2.24, 2.45) is 17.6 Å². The van der Waals surface area contributed by atoms with Gasteiger partial charge in [0.2, 0.25) is 5.91 Å². The zero-order chi connectivity index (χ0) is 14.2. The third kappa shape index (κ3) is 3.07. The van der Waals surface area contributed by atoms with Gasteiger partial charge in [0.1, 0.15) is 0 Å². The summed E-state index contributed by atoms with van der Waals surface area (Å²) >= 11 is 0. The summed E-state index contributed by atoms with van der Waals surface area (Å²) in [6.45, 7) is 1.92. The number of carbonyl (C=O) groups is 1. The Bertz CT molecular complexity index is 499. The Labute approximate surface area is 109 Å². The lowest BCUT2D eigenvalue weighted by atomic mass is 10.1. The molecular weight excluding hydrogens is 257 g/mol. The van der Waals surface area contributed by atoms with Crippen LogP contribution in [0, 0.1) is 11.8 Å². The molecule has 0 heterocycles. The first-order valence-electron chi connectivity index (χ1n) is 6.04. The average molecular weight is 272 g/mol. The Kier molecular flexibility index (Phi) is 3.54. The van der Waals surface area contributed by atoms with Gasteiger partial charge in [-0.2, -0.15) is 13.2 Å². The van der Waals surface area contributed by atoms with E-state index in [0.29, 0.717) is 5.56 Å². The zero-order valence-electron chi connectivity index (χ0n) is 10.4. The summed E-state index contributed by atoms with van der Waals surface area (Å²) in [5, 5.41) is 2.36. The fraction of sp³-hybridized carbons (Fsp3) is 0.462. The monoisotopic (exact) mass is 272 g/mol. The van der Waals surface area contributed by atoms with E-state index in [4.69, 9.17) is 5.73 Å². The van der Waals surface area contributed by atoms with Crippen LogP contribution in [-0.2, 0) is 17.5 Å². The van der Waals surface area contributed by atoms with Gasteiger partial charge in [-0.1, -0.05) is 13.0 Å². The summed E-state index contributed by atoms with van der Waals surface area (Å²) in [7, 11) is 0. The fourth-order valence-electron chi connectivity index (χ4n) is 1.97. The first kappa shape index (κ1) is 13.9. The topological polar surface area (TPSA) is 55.1 Å². The van der Waals surface area contributed by atoms with E-state index in [1.807, 2.05) is 6.92 Å². The Morgan fingerprint density at radius 3 is 2.58 bits per heavy atom. The van der Waals surface area contributed by atoms with Gasteiger partial charge in [-0.3, -0.25) is 4.79 Å². The Hall–Kier alpha value is -1.56. The van der Waals surface area contributed by atoms with Crippen LogP contribution in [0.1, 0.15) is 24.5 Å². The maximum atomic E-state index is 12.9. The van der Waals surface area contributed by atoms with Crippen molar-refractivity contribution in [1.82, 2.24) is 0 Å². The molecule has 19 heavy (non-hydrogen) atoms. The number of anilines is 1. The van der Waals surface area contributed by atoms with Crippen molar-refractivity contribution in [3.8, 4) is 0 Å². The quantitative estimate of drug-likeness (QED) is 0.889. The minimum absolute atomic E-state index is 0.0248. The number of hydrogen-bond acceptors (Lipinski definition) is 2. The maximum absolute atomic E-state index is 12.9. The fourth-order valence-corrected chi connectivity index (χ4v) is 1.97. The molecule has 0 aromatic heterocycles. The molecule has 0 bridgehead atoms. The molecule has 1 amide bonds. The number of benzene rings is 1. The molecule has 1 saturated carbocycles. The largest absolute Gasteiger partial charge is 0.418 e. The van der Waals surface area contributed by atoms with Crippen molar-refractivity contribution in [2.75, 3.05) is 5.32 Å². The van der Waals surface area contributed by atoms with E-state index >= 15 is 0 Å². The number of carbonyl (C=O) groups excluding carboxylic acids is 1. The van der Waals surface area contributed by atoms with Crippen LogP contribution >= 0.6 is 0 Å². The zero-order valence-corrected chi connectivity index (χ0v) is 10.4. The van der Waals surface area contributed by atoms with Crippen LogP contribution in [0.5, 0.6) is 0 Å². The number of nitrogens with one attached hydrogen (secondary N) is 1. The number of amides is 1. The normalized spacial score (nSPS) is 22.2. The minimum atomic E-state index is -4.51. The molecule has 1 aliphatic carbocycles. The van der Waals surface area contributed by atoms with Gasteiger partial charge in [-0.25, -0.2) is 0 Å². The van der Waals surface area contributed by atoms with Gasteiger partial charge >= 0.3 is 6.18 Å². The number of hydrogen-bond donors (Lipinski definition) is 2. The van der Waals surface area contributed by atoms with E-state index < -0.39 is 11.7 Å². The first-order chi connectivity index (χ1) is 8.82. The third-order valence-electron chi connectivity index (χ3n) is 3.33. The van der Waals surface area contributed by atoms with Crippen molar-refractivity contribution in [2.45, 2.75) is 26.1 Å². The lowest BCUT2D eigenvalue weighted by molar-refractivity contribution is -0.137. The molecule has 104 valence electrons. The highest BCUT2D eigenvalue weighted by Crippen LogP contribution is 2.40. The number of alkyl halides is 3. The maximum Gasteiger partial charge on any atom is 0.418 e. The van der Waals surface area contributed by atoms with Crippen LogP contribution in [0.25, 0.3) is 0 Å². The molecule has 2 unspecified atom stereocenters. The SMILES string of the molecule is CC1CC1C(=O)Nc1ccc(CN)cc1C(F)(F)F. The molecule has 0 radical (unpaired) electrons. The molecule has 3 N–H and O–H groups in total. The lowest BCUT2D eigenvalue weighted by Crippen LogP contribution is -2.19. The molecule has 0 saturated heterocycles. The van der Waals surface area contributed by atoms with Gasteiger partial charge in [-0.05, 0) is 30.0 Å². The summed E-state index contributed by atoms with van der Waals surface area (Å²) in [5.41, 5.74) is 4.66. The third-order valence-corrected chi connectivity index (χ3v) is 3.33. The Morgan fingerprint density at radius 1 is 1.47 bits per heavy atom. The molecule has 2 atom stereocenters. The van der Waals surface area contributed by atoms with Gasteiger partial charge in [0, 0.05) is 12.5 Å². The van der Waals surface area contributed by atoms with Crippen LogP contribution < -0.4 is 11.1 Å².